The summed E-state index contributed by atoms with van der Waals surface area (Å²) in [5.41, 5.74) is 1.89. The van der Waals surface area contributed by atoms with Crippen molar-refractivity contribution < 1.29 is 9.90 Å². The molecule has 1 atom stereocenters. The lowest BCUT2D eigenvalue weighted by atomic mass is 9.85. The van der Waals surface area contributed by atoms with E-state index in [0.717, 1.165) is 51.0 Å². The number of carbonyl (C=O) groups is 1. The first kappa shape index (κ1) is 17.2. The molecule has 0 saturated carbocycles. The number of aromatic nitrogens is 2. The Hall–Kier alpha value is -2.18. The highest BCUT2D eigenvalue weighted by Gasteiger charge is 2.50. The van der Waals surface area contributed by atoms with Crippen molar-refractivity contribution in [3.63, 3.8) is 0 Å². The predicted octanol–water partition coefficient (Wildman–Crippen LogP) is 1.82. The van der Waals surface area contributed by atoms with E-state index < -0.39 is 0 Å². The van der Waals surface area contributed by atoms with Crippen LogP contribution in [0.4, 0.5) is 0 Å². The van der Waals surface area contributed by atoms with Crippen molar-refractivity contribution in [3.8, 4) is 5.69 Å². The Morgan fingerprint density at radius 3 is 2.58 bits per heavy atom. The highest BCUT2D eigenvalue weighted by Crippen LogP contribution is 2.39. The molecule has 2 saturated heterocycles. The molecule has 1 unspecified atom stereocenters. The minimum Gasteiger partial charge on any atom is -0.395 e. The summed E-state index contributed by atoms with van der Waals surface area (Å²) < 4.78 is 1.85. The standard InChI is InChI=1S/C20H26N4O2/c25-15-14-22-11-1-8-20(19(22)26)9-2-12-23(20)16-17-4-6-18(7-5-17)24-13-3-10-21-24/h3-7,10,13,25H,1-2,8-9,11-12,14-16H2. The summed E-state index contributed by atoms with van der Waals surface area (Å²) in [6.45, 7) is 3.01. The molecule has 1 N–H and O–H groups in total. The van der Waals surface area contributed by atoms with Crippen molar-refractivity contribution in [3.05, 3.63) is 48.3 Å². The van der Waals surface area contributed by atoms with Crippen LogP contribution in [0.25, 0.3) is 5.69 Å². The average molecular weight is 354 g/mol. The molecule has 6 heteroatoms. The third kappa shape index (κ3) is 3.04. The van der Waals surface area contributed by atoms with Crippen LogP contribution in [0.15, 0.2) is 42.7 Å². The quantitative estimate of drug-likeness (QED) is 0.890. The highest BCUT2D eigenvalue weighted by molar-refractivity contribution is 5.87. The molecule has 0 bridgehead atoms. The van der Waals surface area contributed by atoms with Gasteiger partial charge in [0.2, 0.25) is 5.91 Å². The Morgan fingerprint density at radius 2 is 1.88 bits per heavy atom. The van der Waals surface area contributed by atoms with Gasteiger partial charge in [-0.2, -0.15) is 5.10 Å². The number of carbonyl (C=O) groups excluding carboxylic acids is 1. The number of benzene rings is 1. The zero-order chi connectivity index (χ0) is 18.0. The Labute approximate surface area is 154 Å². The number of hydrogen-bond acceptors (Lipinski definition) is 4. The third-order valence-electron chi connectivity index (χ3n) is 5.78. The van der Waals surface area contributed by atoms with Crippen LogP contribution in [0.5, 0.6) is 0 Å². The highest BCUT2D eigenvalue weighted by atomic mass is 16.3. The molecule has 3 heterocycles. The molecule has 2 fully saturated rings. The minimum absolute atomic E-state index is 0.0384. The van der Waals surface area contributed by atoms with Gasteiger partial charge in [0.1, 0.15) is 5.54 Å². The van der Waals surface area contributed by atoms with Gasteiger partial charge in [-0.3, -0.25) is 9.69 Å². The zero-order valence-electron chi connectivity index (χ0n) is 15.0. The van der Waals surface area contributed by atoms with Crippen LogP contribution in [0, 0.1) is 0 Å². The van der Waals surface area contributed by atoms with Gasteiger partial charge in [0.25, 0.3) is 0 Å². The third-order valence-corrected chi connectivity index (χ3v) is 5.78. The molecule has 138 valence electrons. The maximum absolute atomic E-state index is 13.1. The SMILES string of the molecule is O=C1N(CCO)CCCC12CCCN2Cc1ccc(-n2cccn2)cc1. The maximum atomic E-state index is 13.1. The first-order valence-corrected chi connectivity index (χ1v) is 9.47. The predicted molar refractivity (Wildman–Crippen MR) is 98.8 cm³/mol. The van der Waals surface area contributed by atoms with Gasteiger partial charge in [-0.15, -0.1) is 0 Å². The van der Waals surface area contributed by atoms with E-state index in [2.05, 4.69) is 34.3 Å². The summed E-state index contributed by atoms with van der Waals surface area (Å²) in [7, 11) is 0. The van der Waals surface area contributed by atoms with Crippen LogP contribution in [0.2, 0.25) is 0 Å². The first-order valence-electron chi connectivity index (χ1n) is 9.47. The Balaban J connectivity index is 1.51. The Kier molecular flexibility index (Phi) is 4.78. The van der Waals surface area contributed by atoms with Crippen LogP contribution in [0.3, 0.4) is 0 Å². The number of piperidine rings is 1. The molecular weight excluding hydrogens is 328 g/mol. The monoisotopic (exact) mass is 354 g/mol. The van der Waals surface area contributed by atoms with Gasteiger partial charge in [-0.1, -0.05) is 12.1 Å². The summed E-state index contributed by atoms with van der Waals surface area (Å²) in [5.74, 6) is 0.212. The number of β-amino-alcohol motifs (C(OH)–C–C–N with tert-alkyl or cyclic N) is 1. The van der Waals surface area contributed by atoms with E-state index in [-0.39, 0.29) is 18.1 Å². The van der Waals surface area contributed by atoms with Crippen molar-refractivity contribution in [2.45, 2.75) is 37.8 Å². The number of aliphatic hydroxyl groups is 1. The summed E-state index contributed by atoms with van der Waals surface area (Å²) in [6, 6.07) is 10.3. The van der Waals surface area contributed by atoms with Crippen LogP contribution < -0.4 is 0 Å². The second kappa shape index (κ2) is 7.21. The van der Waals surface area contributed by atoms with Gasteiger partial charge >= 0.3 is 0 Å². The van der Waals surface area contributed by atoms with E-state index >= 15 is 0 Å². The van der Waals surface area contributed by atoms with E-state index in [1.165, 1.54) is 5.56 Å². The first-order chi connectivity index (χ1) is 12.7. The molecule has 2 aromatic rings. The molecule has 26 heavy (non-hydrogen) atoms. The molecule has 1 aromatic heterocycles. The van der Waals surface area contributed by atoms with Crippen molar-refractivity contribution >= 4 is 5.91 Å². The van der Waals surface area contributed by atoms with Gasteiger partial charge in [0, 0.05) is 32.0 Å². The molecule has 2 aliphatic heterocycles. The van der Waals surface area contributed by atoms with E-state index in [9.17, 15) is 9.90 Å². The maximum Gasteiger partial charge on any atom is 0.243 e. The molecule has 2 aliphatic rings. The van der Waals surface area contributed by atoms with Gasteiger partial charge < -0.3 is 10.0 Å². The molecular formula is C20H26N4O2. The summed E-state index contributed by atoms with van der Waals surface area (Å²) in [6.07, 6.45) is 7.64. The second-order valence-corrected chi connectivity index (χ2v) is 7.29. The largest absolute Gasteiger partial charge is 0.395 e. The molecule has 1 aromatic carbocycles. The summed E-state index contributed by atoms with van der Waals surface area (Å²) >= 11 is 0. The van der Waals surface area contributed by atoms with E-state index in [0.29, 0.717) is 6.54 Å². The van der Waals surface area contributed by atoms with Gasteiger partial charge in [-0.25, -0.2) is 4.68 Å². The Morgan fingerprint density at radius 1 is 1.12 bits per heavy atom. The minimum atomic E-state index is -0.367. The van der Waals surface area contributed by atoms with Gasteiger partial charge in [0.05, 0.1) is 12.3 Å². The number of rotatable bonds is 5. The molecule has 1 spiro atoms. The lowest BCUT2D eigenvalue weighted by molar-refractivity contribution is -0.148. The van der Waals surface area contributed by atoms with Crippen molar-refractivity contribution in [1.29, 1.82) is 0 Å². The van der Waals surface area contributed by atoms with E-state index in [1.807, 2.05) is 21.8 Å². The van der Waals surface area contributed by atoms with Crippen molar-refractivity contribution in [1.82, 2.24) is 19.6 Å². The topological polar surface area (TPSA) is 61.6 Å². The molecule has 4 rings (SSSR count). The fourth-order valence-corrected chi connectivity index (χ4v) is 4.49. The summed E-state index contributed by atoms with van der Waals surface area (Å²) in [5, 5.41) is 13.5. The average Bonchev–Trinajstić information content (AvgIpc) is 3.31. The Bertz CT molecular complexity index is 742. The van der Waals surface area contributed by atoms with E-state index in [4.69, 9.17) is 0 Å². The summed E-state index contributed by atoms with van der Waals surface area (Å²) in [4.78, 5) is 17.3. The fourth-order valence-electron chi connectivity index (χ4n) is 4.49. The number of amides is 1. The zero-order valence-corrected chi connectivity index (χ0v) is 15.0. The molecule has 0 aliphatic carbocycles. The number of likely N-dealkylation sites (tertiary alicyclic amines) is 2. The van der Waals surface area contributed by atoms with Crippen molar-refractivity contribution in [2.75, 3.05) is 26.2 Å². The van der Waals surface area contributed by atoms with Crippen LogP contribution >= 0.6 is 0 Å². The van der Waals surface area contributed by atoms with Crippen molar-refractivity contribution in [2.24, 2.45) is 0 Å². The van der Waals surface area contributed by atoms with E-state index in [1.54, 1.807) is 6.20 Å². The van der Waals surface area contributed by atoms with Gasteiger partial charge in [-0.05, 0) is 56.0 Å². The van der Waals surface area contributed by atoms with Gasteiger partial charge in [0.15, 0.2) is 0 Å². The second-order valence-electron chi connectivity index (χ2n) is 7.29. The smallest absolute Gasteiger partial charge is 0.243 e. The number of aliphatic hydroxyl groups excluding tert-OH is 1. The molecule has 1 amide bonds. The number of nitrogens with zero attached hydrogens (tertiary/aromatic N) is 4. The lowest BCUT2D eigenvalue weighted by Crippen LogP contribution is -2.60. The normalized spacial score (nSPS) is 23.9. The fraction of sp³-hybridized carbons (Fsp3) is 0.500. The number of hydrogen-bond donors (Lipinski definition) is 1. The lowest BCUT2D eigenvalue weighted by Gasteiger charge is -2.44. The molecule has 6 nitrogen and oxygen atoms in total. The molecule has 0 radical (unpaired) electrons. The van der Waals surface area contributed by atoms with Crippen LogP contribution in [0.1, 0.15) is 31.2 Å². The van der Waals surface area contributed by atoms with Crippen LogP contribution in [-0.2, 0) is 11.3 Å². The van der Waals surface area contributed by atoms with Crippen LogP contribution in [-0.4, -0.2) is 62.4 Å².